The van der Waals surface area contributed by atoms with Crippen LogP contribution in [0.2, 0.25) is 0 Å². The average molecular weight is 535 g/mol. The average Bonchev–Trinajstić information content (AvgIpc) is 3.36. The second-order valence-corrected chi connectivity index (χ2v) is 12.7. The normalized spacial score (nSPS) is 37.9. The molecule has 39 heavy (non-hydrogen) atoms. The van der Waals surface area contributed by atoms with E-state index in [1.165, 1.54) is 11.1 Å². The number of carbonyl (C=O) groups excluding carboxylic acids is 2. The number of hydrogen-bond acceptors (Lipinski definition) is 4. The molecule has 8 unspecified atom stereocenters. The molecule has 0 N–H and O–H groups in total. The minimum absolute atomic E-state index is 0.0529. The molecule has 0 aliphatic heterocycles. The largest absolute Gasteiger partial charge is 0.454 e. The minimum Gasteiger partial charge on any atom is -0.454 e. The predicted molar refractivity (Wildman–Crippen MR) is 158 cm³/mol. The van der Waals surface area contributed by atoms with Crippen molar-refractivity contribution in [3.05, 3.63) is 59.8 Å². The Balaban J connectivity index is 1.68. The fourth-order valence-electron chi connectivity index (χ4n) is 7.90. The highest BCUT2D eigenvalue weighted by Crippen LogP contribution is 2.61. The van der Waals surface area contributed by atoms with Crippen molar-refractivity contribution in [1.82, 2.24) is 0 Å². The molecule has 4 rings (SSSR count). The van der Waals surface area contributed by atoms with Gasteiger partial charge in [0.1, 0.15) is 11.2 Å². The van der Waals surface area contributed by atoms with Crippen LogP contribution < -0.4 is 0 Å². The van der Waals surface area contributed by atoms with Gasteiger partial charge in [-0.1, -0.05) is 91.8 Å². The summed E-state index contributed by atoms with van der Waals surface area (Å²) in [4.78, 5) is 28.5. The van der Waals surface area contributed by atoms with E-state index < -0.39 is 23.0 Å². The van der Waals surface area contributed by atoms with Gasteiger partial charge in [0.25, 0.3) is 0 Å². The van der Waals surface area contributed by atoms with E-state index in [9.17, 15) is 9.59 Å². The first-order chi connectivity index (χ1) is 18.6. The van der Waals surface area contributed by atoms with Crippen LogP contribution >= 0.6 is 0 Å². The summed E-state index contributed by atoms with van der Waals surface area (Å²) in [5.74, 6) is -1.47. The zero-order valence-corrected chi connectivity index (χ0v) is 25.5. The summed E-state index contributed by atoms with van der Waals surface area (Å²) in [6.07, 6.45) is 22.3. The van der Waals surface area contributed by atoms with Gasteiger partial charge in [-0.05, 0) is 79.1 Å². The zero-order chi connectivity index (χ0) is 28.6. The van der Waals surface area contributed by atoms with E-state index in [0.717, 1.165) is 25.7 Å². The first kappa shape index (κ1) is 29.6. The van der Waals surface area contributed by atoms with E-state index in [2.05, 4.69) is 104 Å². The maximum absolute atomic E-state index is 14.2. The molecule has 0 aromatic carbocycles. The summed E-state index contributed by atoms with van der Waals surface area (Å²) in [5, 5.41) is 0. The molecule has 4 aliphatic carbocycles. The van der Waals surface area contributed by atoms with Crippen molar-refractivity contribution >= 4 is 11.9 Å². The second-order valence-electron chi connectivity index (χ2n) is 12.7. The summed E-state index contributed by atoms with van der Waals surface area (Å²) in [5.41, 5.74) is 0.812. The molecule has 0 amide bonds. The molecule has 0 spiro atoms. The van der Waals surface area contributed by atoms with Crippen molar-refractivity contribution in [3.8, 4) is 0 Å². The molecule has 1 saturated carbocycles. The van der Waals surface area contributed by atoms with Crippen molar-refractivity contribution < 1.29 is 19.1 Å². The number of hydrogen-bond donors (Lipinski definition) is 0. The lowest BCUT2D eigenvalue weighted by atomic mass is 9.76. The quantitative estimate of drug-likeness (QED) is 0.209. The Hall–Kier alpha value is -2.36. The first-order valence-electron chi connectivity index (χ1n) is 15.5. The van der Waals surface area contributed by atoms with Crippen molar-refractivity contribution in [2.24, 2.45) is 40.9 Å². The Kier molecular flexibility index (Phi) is 8.55. The van der Waals surface area contributed by atoms with Crippen molar-refractivity contribution in [1.29, 1.82) is 0 Å². The van der Waals surface area contributed by atoms with Gasteiger partial charge in [-0.25, -0.2) is 0 Å². The SMILES string of the molecule is CCC1=CC(CC)(OC(=O)C2C(C(=O)OC3(CC)C=C(CC)C=CC3CC)C3C=CC2C3(C)C)C(CC)C=C1. The van der Waals surface area contributed by atoms with Crippen LogP contribution in [0.5, 0.6) is 0 Å². The second kappa shape index (κ2) is 11.3. The number of esters is 2. The monoisotopic (exact) mass is 534 g/mol. The number of allylic oxidation sites excluding steroid dienone is 6. The van der Waals surface area contributed by atoms with Crippen LogP contribution in [-0.2, 0) is 19.1 Å². The Morgan fingerprint density at radius 2 is 1.05 bits per heavy atom. The summed E-state index contributed by atoms with van der Waals surface area (Å²) in [6.45, 7) is 17.1. The standard InChI is InChI=1S/C35H50O4/c1-9-23-15-17-25(11-3)34(13-5,21-23)38-31(36)29-27-19-20-28(33(27,7)8)30(29)32(37)39-35(14-6)22-24(10-2)16-18-26(35)12-4/h15-22,25-30H,9-14H2,1-8H3. The number of carbonyl (C=O) groups is 2. The van der Waals surface area contributed by atoms with Crippen LogP contribution in [0.1, 0.15) is 93.9 Å². The maximum atomic E-state index is 14.2. The van der Waals surface area contributed by atoms with Crippen LogP contribution in [0.25, 0.3) is 0 Å². The van der Waals surface area contributed by atoms with Crippen LogP contribution in [0.15, 0.2) is 59.8 Å². The molecule has 8 atom stereocenters. The van der Waals surface area contributed by atoms with E-state index >= 15 is 0 Å². The molecule has 4 heteroatoms. The van der Waals surface area contributed by atoms with Crippen LogP contribution in [0.4, 0.5) is 0 Å². The molecular weight excluding hydrogens is 484 g/mol. The van der Waals surface area contributed by atoms with Gasteiger partial charge in [-0.15, -0.1) is 0 Å². The Morgan fingerprint density at radius 1 is 0.667 bits per heavy atom. The third-order valence-corrected chi connectivity index (χ3v) is 10.5. The third kappa shape index (κ3) is 4.91. The van der Waals surface area contributed by atoms with E-state index in [-0.39, 0.29) is 41.0 Å². The highest BCUT2D eigenvalue weighted by atomic mass is 16.6. The van der Waals surface area contributed by atoms with Gasteiger partial charge < -0.3 is 9.47 Å². The van der Waals surface area contributed by atoms with E-state index in [1.54, 1.807) is 0 Å². The lowest BCUT2D eigenvalue weighted by Crippen LogP contribution is -2.47. The van der Waals surface area contributed by atoms with Crippen LogP contribution in [0, 0.1) is 40.9 Å². The predicted octanol–water partition coefficient (Wildman–Crippen LogP) is 8.31. The van der Waals surface area contributed by atoms with Gasteiger partial charge in [0.2, 0.25) is 0 Å². The van der Waals surface area contributed by atoms with Crippen molar-refractivity contribution in [2.75, 3.05) is 0 Å². The molecule has 2 bridgehead atoms. The molecule has 0 heterocycles. The molecule has 0 aromatic heterocycles. The topological polar surface area (TPSA) is 52.6 Å². The van der Waals surface area contributed by atoms with Gasteiger partial charge in [-0.2, -0.15) is 0 Å². The van der Waals surface area contributed by atoms with Crippen LogP contribution in [-0.4, -0.2) is 23.1 Å². The molecule has 0 aromatic rings. The van der Waals surface area contributed by atoms with Gasteiger partial charge in [0.15, 0.2) is 0 Å². The number of ether oxygens (including phenoxy) is 2. The number of rotatable bonds is 10. The van der Waals surface area contributed by atoms with E-state index in [0.29, 0.717) is 12.8 Å². The highest BCUT2D eigenvalue weighted by molar-refractivity contribution is 5.85. The fourth-order valence-corrected chi connectivity index (χ4v) is 7.90. The highest BCUT2D eigenvalue weighted by Gasteiger charge is 2.63. The molecular formula is C35H50O4. The van der Waals surface area contributed by atoms with Gasteiger partial charge in [-0.3, -0.25) is 9.59 Å². The van der Waals surface area contributed by atoms with Gasteiger partial charge in [0.05, 0.1) is 11.8 Å². The Labute approximate surface area is 236 Å². The molecule has 0 saturated heterocycles. The minimum atomic E-state index is -0.680. The molecule has 0 radical (unpaired) electrons. The van der Waals surface area contributed by atoms with E-state index in [1.807, 2.05) is 0 Å². The lowest BCUT2D eigenvalue weighted by molar-refractivity contribution is -0.178. The zero-order valence-electron chi connectivity index (χ0n) is 25.5. The summed E-state index contributed by atoms with van der Waals surface area (Å²) >= 11 is 0. The van der Waals surface area contributed by atoms with Gasteiger partial charge >= 0.3 is 11.9 Å². The Bertz CT molecular complexity index is 1020. The fraction of sp³-hybridized carbons (Fsp3) is 0.657. The van der Waals surface area contributed by atoms with Crippen LogP contribution in [0.3, 0.4) is 0 Å². The molecule has 214 valence electrons. The first-order valence-corrected chi connectivity index (χ1v) is 15.5. The summed E-state index contributed by atoms with van der Waals surface area (Å²) in [6, 6.07) is 0. The third-order valence-electron chi connectivity index (χ3n) is 10.5. The molecule has 1 fully saturated rings. The lowest BCUT2D eigenvalue weighted by Gasteiger charge is -2.41. The van der Waals surface area contributed by atoms with E-state index in [4.69, 9.17) is 9.47 Å². The van der Waals surface area contributed by atoms with Gasteiger partial charge in [0, 0.05) is 11.8 Å². The Morgan fingerprint density at radius 3 is 1.36 bits per heavy atom. The maximum Gasteiger partial charge on any atom is 0.311 e. The molecule has 4 aliphatic rings. The molecule has 4 nitrogen and oxygen atoms in total. The summed E-state index contributed by atoms with van der Waals surface area (Å²) in [7, 11) is 0. The van der Waals surface area contributed by atoms with Crippen molar-refractivity contribution in [2.45, 2.75) is 105 Å². The summed E-state index contributed by atoms with van der Waals surface area (Å²) < 4.78 is 13.1. The smallest absolute Gasteiger partial charge is 0.311 e. The van der Waals surface area contributed by atoms with Crippen molar-refractivity contribution in [3.63, 3.8) is 0 Å². The number of fused-ring (bicyclic) bond motifs is 2.